The minimum absolute atomic E-state index is 0.0933. The van der Waals surface area contributed by atoms with Crippen molar-refractivity contribution in [3.05, 3.63) is 51.7 Å². The van der Waals surface area contributed by atoms with Crippen LogP contribution in [0.4, 0.5) is 11.4 Å². The summed E-state index contributed by atoms with van der Waals surface area (Å²) in [6.07, 6.45) is 1.59. The molecule has 0 radical (unpaired) electrons. The maximum absolute atomic E-state index is 12.4. The number of carbonyl (C=O) groups excluding carboxylic acids is 1. The van der Waals surface area contributed by atoms with Crippen LogP contribution in [0.25, 0.3) is 0 Å². The molecule has 0 saturated carbocycles. The van der Waals surface area contributed by atoms with Gasteiger partial charge in [-0.1, -0.05) is 29.8 Å². The summed E-state index contributed by atoms with van der Waals surface area (Å²) in [7, 11) is 0. The van der Waals surface area contributed by atoms with E-state index in [0.29, 0.717) is 12.2 Å². The average molecular weight is 353 g/mol. The molecule has 6 heteroatoms. The molecule has 0 aliphatic carbocycles. The first-order valence-electron chi connectivity index (χ1n) is 6.10. The van der Waals surface area contributed by atoms with E-state index in [1.807, 2.05) is 24.3 Å². The number of nitrogens with one attached hydrogen (secondary N) is 2. The number of anilines is 2. The van der Waals surface area contributed by atoms with Crippen LogP contribution in [0.2, 0.25) is 5.15 Å². The van der Waals surface area contributed by atoms with Crippen LogP contribution in [0.15, 0.2) is 41.0 Å². The number of amides is 1. The van der Waals surface area contributed by atoms with Crippen LogP contribution in [-0.2, 0) is 4.79 Å². The zero-order valence-corrected chi connectivity index (χ0v) is 12.7. The summed E-state index contributed by atoms with van der Waals surface area (Å²) in [5.41, 5.74) is 2.52. The third-order valence-electron chi connectivity index (χ3n) is 3.21. The molecule has 1 aliphatic heterocycles. The van der Waals surface area contributed by atoms with E-state index in [2.05, 4.69) is 31.5 Å². The van der Waals surface area contributed by atoms with Gasteiger partial charge in [-0.2, -0.15) is 0 Å². The molecule has 1 amide bonds. The van der Waals surface area contributed by atoms with Crippen molar-refractivity contribution in [1.82, 2.24) is 4.98 Å². The highest BCUT2D eigenvalue weighted by molar-refractivity contribution is 9.10. The van der Waals surface area contributed by atoms with Crippen LogP contribution in [-0.4, -0.2) is 17.4 Å². The molecule has 2 aromatic rings. The molecular formula is C14H11BrClN3O. The van der Waals surface area contributed by atoms with Gasteiger partial charge in [-0.05, 0) is 33.6 Å². The Kier molecular flexibility index (Phi) is 3.63. The van der Waals surface area contributed by atoms with Crippen LogP contribution in [0, 0.1) is 0 Å². The number of hydrogen-bond acceptors (Lipinski definition) is 3. The minimum atomic E-state index is -0.221. The van der Waals surface area contributed by atoms with Crippen molar-refractivity contribution in [3.8, 4) is 0 Å². The number of fused-ring (bicyclic) bond motifs is 1. The fourth-order valence-electron chi connectivity index (χ4n) is 2.25. The molecule has 1 aromatic heterocycles. The number of para-hydroxylation sites is 1. The van der Waals surface area contributed by atoms with Gasteiger partial charge in [0.2, 0.25) is 5.91 Å². The molecule has 3 rings (SSSR count). The van der Waals surface area contributed by atoms with Gasteiger partial charge >= 0.3 is 0 Å². The molecular weight excluding hydrogens is 342 g/mol. The van der Waals surface area contributed by atoms with Crippen molar-refractivity contribution in [2.75, 3.05) is 17.2 Å². The lowest BCUT2D eigenvalue weighted by Gasteiger charge is -2.12. The third kappa shape index (κ3) is 2.51. The highest BCUT2D eigenvalue weighted by Crippen LogP contribution is 2.32. The van der Waals surface area contributed by atoms with Crippen LogP contribution >= 0.6 is 27.5 Å². The van der Waals surface area contributed by atoms with Crippen LogP contribution in [0.3, 0.4) is 0 Å². The second-order valence-electron chi connectivity index (χ2n) is 4.50. The topological polar surface area (TPSA) is 54.0 Å². The number of carbonyl (C=O) groups is 1. The van der Waals surface area contributed by atoms with Gasteiger partial charge in [-0.3, -0.25) is 4.79 Å². The Hall–Kier alpha value is -1.59. The van der Waals surface area contributed by atoms with E-state index in [1.54, 1.807) is 12.3 Å². The SMILES string of the molecule is O=C(Nc1cc(Br)cnc1Cl)C1CNc2ccccc21. The Bertz CT molecular complexity index is 677. The second-order valence-corrected chi connectivity index (χ2v) is 5.78. The maximum atomic E-state index is 12.4. The zero-order valence-electron chi connectivity index (χ0n) is 10.4. The van der Waals surface area contributed by atoms with E-state index in [1.165, 1.54) is 0 Å². The number of benzene rings is 1. The molecule has 2 heterocycles. The predicted molar refractivity (Wildman–Crippen MR) is 83.2 cm³/mol. The molecule has 0 saturated heterocycles. The Morgan fingerprint density at radius 1 is 1.45 bits per heavy atom. The van der Waals surface area contributed by atoms with Crippen LogP contribution in [0.5, 0.6) is 0 Å². The van der Waals surface area contributed by atoms with Crippen molar-refractivity contribution < 1.29 is 4.79 Å². The smallest absolute Gasteiger partial charge is 0.233 e. The number of hydrogen-bond donors (Lipinski definition) is 2. The first-order valence-corrected chi connectivity index (χ1v) is 7.27. The molecule has 0 bridgehead atoms. The first-order chi connectivity index (χ1) is 9.65. The maximum Gasteiger partial charge on any atom is 0.233 e. The van der Waals surface area contributed by atoms with Gasteiger partial charge < -0.3 is 10.6 Å². The van der Waals surface area contributed by atoms with E-state index in [4.69, 9.17) is 11.6 Å². The van der Waals surface area contributed by atoms with E-state index in [9.17, 15) is 4.79 Å². The molecule has 20 heavy (non-hydrogen) atoms. The van der Waals surface area contributed by atoms with Crippen molar-refractivity contribution in [3.63, 3.8) is 0 Å². The second kappa shape index (κ2) is 5.42. The van der Waals surface area contributed by atoms with Crippen molar-refractivity contribution in [2.24, 2.45) is 0 Å². The molecule has 1 aromatic carbocycles. The summed E-state index contributed by atoms with van der Waals surface area (Å²) in [6, 6.07) is 9.54. The molecule has 1 unspecified atom stereocenters. The van der Waals surface area contributed by atoms with E-state index >= 15 is 0 Å². The lowest BCUT2D eigenvalue weighted by atomic mass is 10.0. The average Bonchev–Trinajstić information content (AvgIpc) is 2.87. The summed E-state index contributed by atoms with van der Waals surface area (Å²) in [4.78, 5) is 16.4. The molecule has 2 N–H and O–H groups in total. The fourth-order valence-corrected chi connectivity index (χ4v) is 2.73. The molecule has 102 valence electrons. The van der Waals surface area contributed by atoms with Gasteiger partial charge in [-0.15, -0.1) is 0 Å². The molecule has 0 fully saturated rings. The van der Waals surface area contributed by atoms with Crippen LogP contribution < -0.4 is 10.6 Å². The van der Waals surface area contributed by atoms with Gasteiger partial charge in [0, 0.05) is 22.9 Å². The van der Waals surface area contributed by atoms with Gasteiger partial charge in [0.1, 0.15) is 0 Å². The fraction of sp³-hybridized carbons (Fsp3) is 0.143. The highest BCUT2D eigenvalue weighted by Gasteiger charge is 2.28. The monoisotopic (exact) mass is 351 g/mol. The van der Waals surface area contributed by atoms with E-state index < -0.39 is 0 Å². The number of rotatable bonds is 2. The summed E-state index contributed by atoms with van der Waals surface area (Å²) in [6.45, 7) is 0.588. The summed E-state index contributed by atoms with van der Waals surface area (Å²) < 4.78 is 0.766. The summed E-state index contributed by atoms with van der Waals surface area (Å²) in [5, 5.41) is 6.33. The number of nitrogens with zero attached hydrogens (tertiary/aromatic N) is 1. The molecule has 0 spiro atoms. The van der Waals surface area contributed by atoms with Gasteiger partial charge in [-0.25, -0.2) is 4.98 Å². The summed E-state index contributed by atoms with van der Waals surface area (Å²) in [5.74, 6) is -0.314. The number of aromatic nitrogens is 1. The molecule has 1 aliphatic rings. The van der Waals surface area contributed by atoms with E-state index in [-0.39, 0.29) is 17.0 Å². The Morgan fingerprint density at radius 2 is 2.25 bits per heavy atom. The highest BCUT2D eigenvalue weighted by atomic mass is 79.9. The first kappa shape index (κ1) is 13.4. The van der Waals surface area contributed by atoms with Crippen molar-refractivity contribution in [2.45, 2.75) is 5.92 Å². The Balaban J connectivity index is 1.83. The van der Waals surface area contributed by atoms with Crippen molar-refractivity contribution in [1.29, 1.82) is 0 Å². The number of pyridine rings is 1. The van der Waals surface area contributed by atoms with Gasteiger partial charge in [0.05, 0.1) is 11.6 Å². The zero-order chi connectivity index (χ0) is 14.1. The third-order valence-corrected chi connectivity index (χ3v) is 3.95. The standard InChI is InChI=1S/C14H11BrClN3O/c15-8-5-12(13(16)18-6-8)19-14(20)10-7-17-11-4-2-1-3-9(10)11/h1-6,10,17H,7H2,(H,19,20). The lowest BCUT2D eigenvalue weighted by molar-refractivity contribution is -0.117. The van der Waals surface area contributed by atoms with Crippen LogP contribution in [0.1, 0.15) is 11.5 Å². The van der Waals surface area contributed by atoms with Gasteiger partial charge in [0.15, 0.2) is 5.15 Å². The van der Waals surface area contributed by atoms with Crippen molar-refractivity contribution >= 4 is 44.8 Å². The Labute approximate surface area is 129 Å². The van der Waals surface area contributed by atoms with Gasteiger partial charge in [0.25, 0.3) is 0 Å². The predicted octanol–water partition coefficient (Wildman–Crippen LogP) is 3.65. The largest absolute Gasteiger partial charge is 0.384 e. The molecule has 4 nitrogen and oxygen atoms in total. The minimum Gasteiger partial charge on any atom is -0.384 e. The normalized spacial score (nSPS) is 16.4. The van der Waals surface area contributed by atoms with E-state index in [0.717, 1.165) is 15.7 Å². The summed E-state index contributed by atoms with van der Waals surface area (Å²) >= 11 is 9.30. The lowest BCUT2D eigenvalue weighted by Crippen LogP contribution is -2.22. The Morgan fingerprint density at radius 3 is 3.10 bits per heavy atom. The quantitative estimate of drug-likeness (QED) is 0.811. The molecule has 1 atom stereocenters. The number of halogens is 2.